The van der Waals surface area contributed by atoms with Gasteiger partial charge in [-0.15, -0.1) is 0 Å². The van der Waals surface area contributed by atoms with Gasteiger partial charge in [0.05, 0.1) is 22.9 Å². The molecular formula is C12H12FN3O3. The lowest BCUT2D eigenvalue weighted by molar-refractivity contribution is -0.385. The van der Waals surface area contributed by atoms with E-state index in [1.54, 1.807) is 10.9 Å². The summed E-state index contributed by atoms with van der Waals surface area (Å²) in [5, 5.41) is 14.8. The van der Waals surface area contributed by atoms with E-state index in [0.29, 0.717) is 12.3 Å². The molecule has 0 bridgehead atoms. The van der Waals surface area contributed by atoms with Crippen molar-refractivity contribution in [2.45, 2.75) is 20.1 Å². The second kappa shape index (κ2) is 5.47. The van der Waals surface area contributed by atoms with E-state index in [2.05, 4.69) is 5.10 Å². The van der Waals surface area contributed by atoms with Gasteiger partial charge in [-0.2, -0.15) is 5.10 Å². The number of aromatic nitrogens is 2. The van der Waals surface area contributed by atoms with Gasteiger partial charge < -0.3 is 4.74 Å². The van der Waals surface area contributed by atoms with Gasteiger partial charge in [0.2, 0.25) is 0 Å². The standard InChI is InChI=1S/C12H12FN3O3/c1-2-15-7-11(6-14-15)19-8-9-5-10(13)3-4-12(9)16(17)18/h3-7H,2,8H2,1H3. The van der Waals surface area contributed by atoms with Crippen LogP contribution in [0.5, 0.6) is 5.75 Å². The maximum atomic E-state index is 13.1. The molecule has 19 heavy (non-hydrogen) atoms. The number of aryl methyl sites for hydroxylation is 1. The predicted molar refractivity (Wildman–Crippen MR) is 65.3 cm³/mol. The molecule has 0 saturated heterocycles. The average molecular weight is 265 g/mol. The van der Waals surface area contributed by atoms with Crippen molar-refractivity contribution in [3.05, 3.63) is 52.1 Å². The molecule has 1 aromatic carbocycles. The van der Waals surface area contributed by atoms with Crippen LogP contribution in [0, 0.1) is 15.9 Å². The third-order valence-corrected chi connectivity index (χ3v) is 2.57. The SMILES string of the molecule is CCn1cc(OCc2cc(F)ccc2[N+](=O)[O-])cn1. The summed E-state index contributed by atoms with van der Waals surface area (Å²) >= 11 is 0. The average Bonchev–Trinajstić information content (AvgIpc) is 2.84. The molecule has 1 aromatic heterocycles. The second-order valence-electron chi connectivity index (χ2n) is 3.85. The quantitative estimate of drug-likeness (QED) is 0.615. The Kier molecular flexibility index (Phi) is 3.74. The van der Waals surface area contributed by atoms with Crippen LogP contribution in [0.25, 0.3) is 0 Å². The molecule has 2 rings (SSSR count). The van der Waals surface area contributed by atoms with Crippen molar-refractivity contribution in [1.82, 2.24) is 9.78 Å². The molecule has 0 N–H and O–H groups in total. The molecule has 0 amide bonds. The number of halogens is 1. The third-order valence-electron chi connectivity index (χ3n) is 2.57. The zero-order chi connectivity index (χ0) is 13.8. The van der Waals surface area contributed by atoms with Gasteiger partial charge in [0.1, 0.15) is 12.4 Å². The molecule has 0 unspecified atom stereocenters. The molecule has 1 heterocycles. The summed E-state index contributed by atoms with van der Waals surface area (Å²) in [6, 6.07) is 3.28. The maximum Gasteiger partial charge on any atom is 0.276 e. The van der Waals surface area contributed by atoms with Gasteiger partial charge in [0.25, 0.3) is 5.69 Å². The molecule has 7 heteroatoms. The molecule has 0 fully saturated rings. The largest absolute Gasteiger partial charge is 0.485 e. The Hall–Kier alpha value is -2.44. The van der Waals surface area contributed by atoms with E-state index in [-0.39, 0.29) is 17.9 Å². The summed E-state index contributed by atoms with van der Waals surface area (Å²) in [6.07, 6.45) is 3.18. The minimum atomic E-state index is -0.562. The topological polar surface area (TPSA) is 70.2 Å². The number of benzene rings is 1. The highest BCUT2D eigenvalue weighted by Crippen LogP contribution is 2.21. The van der Waals surface area contributed by atoms with E-state index >= 15 is 0 Å². The molecule has 0 radical (unpaired) electrons. The summed E-state index contributed by atoms with van der Waals surface area (Å²) in [5.74, 6) is -0.0473. The van der Waals surface area contributed by atoms with Crippen LogP contribution in [0.4, 0.5) is 10.1 Å². The Morgan fingerprint density at radius 3 is 2.95 bits per heavy atom. The van der Waals surface area contributed by atoms with Crippen molar-refractivity contribution in [3.63, 3.8) is 0 Å². The molecule has 0 aliphatic carbocycles. The fourth-order valence-electron chi connectivity index (χ4n) is 1.60. The number of nitro groups is 1. The number of rotatable bonds is 5. The molecule has 2 aromatic rings. The first-order valence-electron chi connectivity index (χ1n) is 5.68. The van der Waals surface area contributed by atoms with Crippen LogP contribution < -0.4 is 4.74 Å². The number of nitrogens with zero attached hydrogens (tertiary/aromatic N) is 3. The molecule has 100 valence electrons. The van der Waals surface area contributed by atoms with Crippen LogP contribution in [-0.2, 0) is 13.2 Å². The summed E-state index contributed by atoms with van der Waals surface area (Å²) < 4.78 is 20.1. The first-order chi connectivity index (χ1) is 9.10. The molecule has 0 aliphatic heterocycles. The molecule has 0 saturated carbocycles. The third kappa shape index (κ3) is 3.06. The van der Waals surface area contributed by atoms with E-state index in [9.17, 15) is 14.5 Å². The first kappa shape index (κ1) is 13.0. The minimum Gasteiger partial charge on any atom is -0.485 e. The highest BCUT2D eigenvalue weighted by atomic mass is 19.1. The maximum absolute atomic E-state index is 13.1. The van der Waals surface area contributed by atoms with Crippen LogP contribution in [0.15, 0.2) is 30.6 Å². The molecule has 6 nitrogen and oxygen atoms in total. The Morgan fingerprint density at radius 2 is 2.32 bits per heavy atom. The van der Waals surface area contributed by atoms with Crippen LogP contribution >= 0.6 is 0 Å². The van der Waals surface area contributed by atoms with Crippen molar-refractivity contribution in [1.29, 1.82) is 0 Å². The summed E-state index contributed by atoms with van der Waals surface area (Å²) in [7, 11) is 0. The van der Waals surface area contributed by atoms with Gasteiger partial charge in [-0.25, -0.2) is 4.39 Å². The van der Waals surface area contributed by atoms with Gasteiger partial charge in [-0.05, 0) is 19.1 Å². The predicted octanol–water partition coefficient (Wildman–Crippen LogP) is 2.53. The lowest BCUT2D eigenvalue weighted by Gasteiger charge is -2.04. The minimum absolute atomic E-state index is 0.0799. The zero-order valence-corrected chi connectivity index (χ0v) is 10.2. The summed E-state index contributed by atoms with van der Waals surface area (Å²) in [4.78, 5) is 10.2. The van der Waals surface area contributed by atoms with Gasteiger partial charge in [-0.3, -0.25) is 14.8 Å². The van der Waals surface area contributed by atoms with Crippen LogP contribution in [0.1, 0.15) is 12.5 Å². The van der Waals surface area contributed by atoms with E-state index in [1.807, 2.05) is 6.92 Å². The van der Waals surface area contributed by atoms with Crippen molar-refractivity contribution in [2.24, 2.45) is 0 Å². The Morgan fingerprint density at radius 1 is 1.53 bits per heavy atom. The highest BCUT2D eigenvalue weighted by molar-refractivity contribution is 5.40. The lowest BCUT2D eigenvalue weighted by Crippen LogP contribution is -2.01. The van der Waals surface area contributed by atoms with Gasteiger partial charge >= 0.3 is 0 Å². The monoisotopic (exact) mass is 265 g/mol. The fraction of sp³-hybridized carbons (Fsp3) is 0.250. The van der Waals surface area contributed by atoms with Gasteiger partial charge in [-0.1, -0.05) is 0 Å². The highest BCUT2D eigenvalue weighted by Gasteiger charge is 2.15. The normalized spacial score (nSPS) is 10.4. The zero-order valence-electron chi connectivity index (χ0n) is 10.2. The van der Waals surface area contributed by atoms with Crippen molar-refractivity contribution < 1.29 is 14.1 Å². The van der Waals surface area contributed by atoms with E-state index in [0.717, 1.165) is 18.2 Å². The number of ether oxygens (including phenoxy) is 1. The Labute approximate surface area is 108 Å². The number of hydrogen-bond donors (Lipinski definition) is 0. The fourth-order valence-corrected chi connectivity index (χ4v) is 1.60. The Bertz CT molecular complexity index is 598. The molecule has 0 atom stereocenters. The van der Waals surface area contributed by atoms with Crippen LogP contribution in [0.2, 0.25) is 0 Å². The van der Waals surface area contributed by atoms with Crippen molar-refractivity contribution >= 4 is 5.69 Å². The van der Waals surface area contributed by atoms with E-state index < -0.39 is 10.7 Å². The Balaban J connectivity index is 2.14. The molecular weight excluding hydrogens is 253 g/mol. The molecule has 0 spiro atoms. The number of hydrogen-bond acceptors (Lipinski definition) is 4. The van der Waals surface area contributed by atoms with E-state index in [4.69, 9.17) is 4.74 Å². The van der Waals surface area contributed by atoms with Crippen LogP contribution in [-0.4, -0.2) is 14.7 Å². The lowest BCUT2D eigenvalue weighted by atomic mass is 10.2. The van der Waals surface area contributed by atoms with Gasteiger partial charge in [0.15, 0.2) is 5.75 Å². The first-order valence-corrected chi connectivity index (χ1v) is 5.68. The van der Waals surface area contributed by atoms with Crippen molar-refractivity contribution in [3.8, 4) is 5.75 Å². The smallest absolute Gasteiger partial charge is 0.276 e. The second-order valence-corrected chi connectivity index (χ2v) is 3.85. The van der Waals surface area contributed by atoms with Crippen LogP contribution in [0.3, 0.4) is 0 Å². The molecule has 0 aliphatic rings. The van der Waals surface area contributed by atoms with Gasteiger partial charge in [0, 0.05) is 12.6 Å². The summed E-state index contributed by atoms with van der Waals surface area (Å²) in [5.41, 5.74) is 0.0264. The summed E-state index contributed by atoms with van der Waals surface area (Å²) in [6.45, 7) is 2.54. The van der Waals surface area contributed by atoms with Crippen molar-refractivity contribution in [2.75, 3.05) is 0 Å². The van der Waals surface area contributed by atoms with E-state index in [1.165, 1.54) is 6.20 Å². The number of nitro benzene ring substituents is 1.